The second-order valence-corrected chi connectivity index (χ2v) is 4.02. The predicted octanol–water partition coefficient (Wildman–Crippen LogP) is 3.23. The van der Waals surface area contributed by atoms with Crippen LogP contribution in [0.4, 0.5) is 4.39 Å². The average Bonchev–Trinajstić information content (AvgIpc) is 2.63. The van der Waals surface area contributed by atoms with Gasteiger partial charge in [-0.2, -0.15) is 0 Å². The van der Waals surface area contributed by atoms with Crippen molar-refractivity contribution in [2.45, 2.75) is 6.04 Å². The third kappa shape index (κ3) is 2.11. The van der Waals surface area contributed by atoms with Gasteiger partial charge >= 0.3 is 0 Å². The van der Waals surface area contributed by atoms with Crippen molar-refractivity contribution in [1.29, 1.82) is 0 Å². The van der Waals surface area contributed by atoms with Crippen molar-refractivity contribution in [3.05, 3.63) is 58.2 Å². The molecule has 2 N–H and O–H groups in total. The van der Waals surface area contributed by atoms with Gasteiger partial charge in [0.15, 0.2) is 0 Å². The second kappa shape index (κ2) is 4.16. The number of nitrogens with two attached hydrogens (primary N) is 1. The van der Waals surface area contributed by atoms with Crippen molar-refractivity contribution in [3.8, 4) is 0 Å². The van der Waals surface area contributed by atoms with E-state index in [1.165, 1.54) is 12.1 Å². The van der Waals surface area contributed by atoms with E-state index < -0.39 is 6.04 Å². The second-order valence-electron chi connectivity index (χ2n) is 3.17. The molecule has 0 saturated carbocycles. The summed E-state index contributed by atoms with van der Waals surface area (Å²) in [4.78, 5) is 0. The zero-order chi connectivity index (χ0) is 10.8. The molecule has 0 aliphatic carbocycles. The number of hydrogen-bond acceptors (Lipinski definition) is 2. The van der Waals surface area contributed by atoms with Crippen molar-refractivity contribution in [3.63, 3.8) is 0 Å². The standard InChI is InChI=1S/C11H9BrFNO/c12-9-4-5-15-11(9)10(14)7-2-1-3-8(13)6-7/h1-6,10H,14H2. The molecule has 78 valence electrons. The minimum atomic E-state index is -0.454. The van der Waals surface area contributed by atoms with Gasteiger partial charge in [0.1, 0.15) is 11.6 Å². The molecule has 1 unspecified atom stereocenters. The lowest BCUT2D eigenvalue weighted by atomic mass is 10.1. The van der Waals surface area contributed by atoms with Gasteiger partial charge in [-0.25, -0.2) is 4.39 Å². The lowest BCUT2D eigenvalue weighted by molar-refractivity contribution is 0.486. The Morgan fingerprint density at radius 3 is 2.73 bits per heavy atom. The van der Waals surface area contributed by atoms with Crippen LogP contribution in [0.1, 0.15) is 17.4 Å². The van der Waals surface area contributed by atoms with Gasteiger partial charge in [-0.3, -0.25) is 0 Å². The highest BCUT2D eigenvalue weighted by Crippen LogP contribution is 2.27. The van der Waals surface area contributed by atoms with Crippen LogP contribution in [0.25, 0.3) is 0 Å². The van der Waals surface area contributed by atoms with E-state index in [2.05, 4.69) is 15.9 Å². The Morgan fingerprint density at radius 2 is 2.13 bits per heavy atom. The summed E-state index contributed by atoms with van der Waals surface area (Å²) in [5.74, 6) is 0.297. The average molecular weight is 270 g/mol. The number of benzene rings is 1. The molecular formula is C11H9BrFNO. The van der Waals surface area contributed by atoms with Gasteiger partial charge in [-0.05, 0) is 39.7 Å². The lowest BCUT2D eigenvalue weighted by Gasteiger charge is -2.09. The van der Waals surface area contributed by atoms with E-state index in [9.17, 15) is 4.39 Å². The lowest BCUT2D eigenvalue weighted by Crippen LogP contribution is -2.11. The predicted molar refractivity (Wildman–Crippen MR) is 58.8 cm³/mol. The summed E-state index contributed by atoms with van der Waals surface area (Å²) in [7, 11) is 0. The smallest absolute Gasteiger partial charge is 0.139 e. The van der Waals surface area contributed by atoms with Crippen LogP contribution in [0, 0.1) is 5.82 Å². The number of furan rings is 1. The number of hydrogen-bond donors (Lipinski definition) is 1. The van der Waals surface area contributed by atoms with E-state index in [0.29, 0.717) is 11.3 Å². The topological polar surface area (TPSA) is 39.2 Å². The maximum absolute atomic E-state index is 13.0. The van der Waals surface area contributed by atoms with Crippen LogP contribution in [0.5, 0.6) is 0 Å². The van der Waals surface area contributed by atoms with Crippen LogP contribution < -0.4 is 5.73 Å². The molecule has 2 nitrogen and oxygen atoms in total. The van der Waals surface area contributed by atoms with Crippen LogP contribution in [0.3, 0.4) is 0 Å². The van der Waals surface area contributed by atoms with Crippen LogP contribution in [-0.2, 0) is 0 Å². The molecule has 1 heterocycles. The highest BCUT2D eigenvalue weighted by Gasteiger charge is 2.15. The van der Waals surface area contributed by atoms with Gasteiger partial charge in [-0.1, -0.05) is 12.1 Å². The third-order valence-corrected chi connectivity index (χ3v) is 2.79. The Balaban J connectivity index is 2.36. The summed E-state index contributed by atoms with van der Waals surface area (Å²) in [6.07, 6.45) is 1.54. The highest BCUT2D eigenvalue weighted by atomic mass is 79.9. The van der Waals surface area contributed by atoms with Crippen molar-refractivity contribution in [1.82, 2.24) is 0 Å². The van der Waals surface area contributed by atoms with Gasteiger partial charge in [0.25, 0.3) is 0 Å². The molecule has 0 fully saturated rings. The van der Waals surface area contributed by atoms with Gasteiger partial charge in [0, 0.05) is 0 Å². The van der Waals surface area contributed by atoms with Crippen molar-refractivity contribution in [2.75, 3.05) is 0 Å². The molecule has 0 aliphatic rings. The van der Waals surface area contributed by atoms with E-state index in [1.54, 1.807) is 24.5 Å². The van der Waals surface area contributed by atoms with Crippen molar-refractivity contribution < 1.29 is 8.81 Å². The Labute approximate surface area is 95.0 Å². The first kappa shape index (κ1) is 10.4. The Kier molecular flexibility index (Phi) is 2.88. The summed E-state index contributed by atoms with van der Waals surface area (Å²) in [5.41, 5.74) is 6.63. The van der Waals surface area contributed by atoms with E-state index in [4.69, 9.17) is 10.2 Å². The summed E-state index contributed by atoms with van der Waals surface area (Å²) in [5, 5.41) is 0. The summed E-state index contributed by atoms with van der Waals surface area (Å²) >= 11 is 3.32. The molecule has 0 bridgehead atoms. The molecular weight excluding hydrogens is 261 g/mol. The van der Waals surface area contributed by atoms with Gasteiger partial charge in [-0.15, -0.1) is 0 Å². The SMILES string of the molecule is NC(c1cccc(F)c1)c1occc1Br. The Bertz CT molecular complexity index is 469. The molecule has 2 rings (SSSR count). The molecule has 0 aliphatic heterocycles. The van der Waals surface area contributed by atoms with E-state index >= 15 is 0 Å². The minimum absolute atomic E-state index is 0.300. The zero-order valence-electron chi connectivity index (χ0n) is 7.78. The molecule has 0 radical (unpaired) electrons. The van der Waals surface area contributed by atoms with Gasteiger partial charge < -0.3 is 10.2 Å². The first-order valence-electron chi connectivity index (χ1n) is 4.42. The maximum Gasteiger partial charge on any atom is 0.139 e. The van der Waals surface area contributed by atoms with Gasteiger partial charge in [0.2, 0.25) is 0 Å². The summed E-state index contributed by atoms with van der Waals surface area (Å²) in [6, 6.07) is 7.48. The number of rotatable bonds is 2. The monoisotopic (exact) mass is 269 g/mol. The molecule has 0 amide bonds. The first-order chi connectivity index (χ1) is 7.18. The van der Waals surface area contributed by atoms with Crippen molar-refractivity contribution in [2.24, 2.45) is 5.73 Å². The quantitative estimate of drug-likeness (QED) is 0.909. The molecule has 1 aromatic carbocycles. The van der Waals surface area contributed by atoms with Crippen LogP contribution in [-0.4, -0.2) is 0 Å². The minimum Gasteiger partial charge on any atom is -0.466 e. The first-order valence-corrected chi connectivity index (χ1v) is 5.21. The molecule has 1 atom stereocenters. The Hall–Kier alpha value is -1.13. The molecule has 0 spiro atoms. The molecule has 1 aromatic heterocycles. The molecule has 2 aromatic rings. The normalized spacial score (nSPS) is 12.7. The third-order valence-electron chi connectivity index (χ3n) is 2.14. The number of halogens is 2. The highest BCUT2D eigenvalue weighted by molar-refractivity contribution is 9.10. The van der Waals surface area contributed by atoms with E-state index in [0.717, 1.165) is 4.47 Å². The van der Waals surface area contributed by atoms with Crippen molar-refractivity contribution >= 4 is 15.9 Å². The van der Waals surface area contributed by atoms with E-state index in [-0.39, 0.29) is 5.82 Å². The van der Waals surface area contributed by atoms with Crippen LogP contribution in [0.15, 0.2) is 45.5 Å². The molecule has 4 heteroatoms. The van der Waals surface area contributed by atoms with Gasteiger partial charge in [0.05, 0.1) is 16.8 Å². The fourth-order valence-corrected chi connectivity index (χ4v) is 1.83. The fraction of sp³-hybridized carbons (Fsp3) is 0.0909. The fourth-order valence-electron chi connectivity index (χ4n) is 1.38. The summed E-state index contributed by atoms with van der Waals surface area (Å²) < 4.78 is 19.0. The van der Waals surface area contributed by atoms with E-state index in [1.807, 2.05) is 0 Å². The molecule has 0 saturated heterocycles. The Morgan fingerprint density at radius 1 is 1.33 bits per heavy atom. The van der Waals surface area contributed by atoms with Crippen LogP contribution in [0.2, 0.25) is 0 Å². The van der Waals surface area contributed by atoms with Crippen LogP contribution >= 0.6 is 15.9 Å². The summed E-state index contributed by atoms with van der Waals surface area (Å²) in [6.45, 7) is 0. The molecule has 15 heavy (non-hydrogen) atoms. The zero-order valence-corrected chi connectivity index (χ0v) is 9.37. The largest absolute Gasteiger partial charge is 0.466 e. The maximum atomic E-state index is 13.0.